The molecule has 2 amide bonds. The van der Waals surface area contributed by atoms with Crippen LogP contribution in [-0.4, -0.2) is 74.2 Å². The van der Waals surface area contributed by atoms with E-state index < -0.39 is 0 Å². The van der Waals surface area contributed by atoms with E-state index in [0.717, 1.165) is 19.3 Å². The van der Waals surface area contributed by atoms with Gasteiger partial charge in [-0.05, 0) is 31.4 Å². The average Bonchev–Trinajstić information content (AvgIpc) is 3.10. The van der Waals surface area contributed by atoms with Crippen LogP contribution in [0.2, 0.25) is 0 Å². The number of nitrogens with zero attached hydrogens (tertiary/aromatic N) is 2. The number of carbonyl (C=O) groups excluding carboxylic acids is 2. The number of rotatable bonds is 5. The number of carbonyl (C=O) groups is 2. The summed E-state index contributed by atoms with van der Waals surface area (Å²) in [6.07, 6.45) is 2.20. The number of hydrogen-bond donors (Lipinski definition) is 0. The SMILES string of the molecule is COc1ccccc1OCC(=O)N1CCCN(C(=O)C2CCCO2)CC1. The molecule has 0 spiro atoms. The zero-order chi connectivity index (χ0) is 18.4. The van der Waals surface area contributed by atoms with Crippen molar-refractivity contribution < 1.29 is 23.8 Å². The molecule has 1 aromatic carbocycles. The minimum absolute atomic E-state index is 0.0416. The van der Waals surface area contributed by atoms with Crippen molar-refractivity contribution in [2.24, 2.45) is 0 Å². The summed E-state index contributed by atoms with van der Waals surface area (Å²) in [5, 5.41) is 0. The van der Waals surface area contributed by atoms with Crippen LogP contribution in [0.15, 0.2) is 24.3 Å². The van der Waals surface area contributed by atoms with E-state index in [1.54, 1.807) is 24.1 Å². The van der Waals surface area contributed by atoms with Crippen LogP contribution in [0.5, 0.6) is 11.5 Å². The van der Waals surface area contributed by atoms with Crippen molar-refractivity contribution in [1.29, 1.82) is 0 Å². The summed E-state index contributed by atoms with van der Waals surface area (Å²) in [6, 6.07) is 7.25. The Hall–Kier alpha value is -2.28. The van der Waals surface area contributed by atoms with Gasteiger partial charge in [-0.3, -0.25) is 9.59 Å². The molecule has 0 N–H and O–H groups in total. The average molecular weight is 362 g/mol. The number of methoxy groups -OCH3 is 1. The standard InChI is InChI=1S/C19H26N2O5/c1-24-15-6-2-3-7-16(15)26-14-18(22)20-9-5-10-21(12-11-20)19(23)17-8-4-13-25-17/h2-3,6-7,17H,4-5,8-14H2,1H3. The Bertz CT molecular complexity index is 630. The molecule has 1 unspecified atom stereocenters. The molecule has 2 heterocycles. The van der Waals surface area contributed by atoms with E-state index in [1.807, 2.05) is 17.0 Å². The molecule has 7 heteroatoms. The molecule has 1 aromatic rings. The van der Waals surface area contributed by atoms with Gasteiger partial charge in [0.1, 0.15) is 6.10 Å². The molecule has 2 aliphatic heterocycles. The first kappa shape index (κ1) is 18.5. The molecule has 0 radical (unpaired) electrons. The van der Waals surface area contributed by atoms with Crippen molar-refractivity contribution in [2.45, 2.75) is 25.4 Å². The molecule has 7 nitrogen and oxygen atoms in total. The predicted octanol–water partition coefficient (Wildman–Crippen LogP) is 1.31. The van der Waals surface area contributed by atoms with Gasteiger partial charge in [-0.15, -0.1) is 0 Å². The maximum atomic E-state index is 12.5. The molecule has 2 aliphatic rings. The van der Waals surface area contributed by atoms with Crippen LogP contribution in [0.3, 0.4) is 0 Å². The number of ether oxygens (including phenoxy) is 3. The fourth-order valence-electron chi connectivity index (χ4n) is 3.33. The van der Waals surface area contributed by atoms with E-state index in [-0.39, 0.29) is 24.5 Å². The fourth-order valence-corrected chi connectivity index (χ4v) is 3.33. The molecule has 2 fully saturated rings. The van der Waals surface area contributed by atoms with E-state index in [0.29, 0.717) is 44.3 Å². The third kappa shape index (κ3) is 4.46. The van der Waals surface area contributed by atoms with Crippen molar-refractivity contribution >= 4 is 11.8 Å². The second kappa shape index (κ2) is 8.89. The predicted molar refractivity (Wildman–Crippen MR) is 95.2 cm³/mol. The second-order valence-corrected chi connectivity index (χ2v) is 6.50. The van der Waals surface area contributed by atoms with E-state index in [9.17, 15) is 9.59 Å². The number of benzene rings is 1. The molecule has 1 atom stereocenters. The van der Waals surface area contributed by atoms with E-state index in [4.69, 9.17) is 14.2 Å². The quantitative estimate of drug-likeness (QED) is 0.790. The number of hydrogen-bond acceptors (Lipinski definition) is 5. The van der Waals surface area contributed by atoms with Crippen molar-refractivity contribution in [1.82, 2.24) is 9.80 Å². The molecule has 0 aliphatic carbocycles. The minimum atomic E-state index is -0.300. The lowest BCUT2D eigenvalue weighted by atomic mass is 10.2. The molecular weight excluding hydrogens is 336 g/mol. The fraction of sp³-hybridized carbons (Fsp3) is 0.579. The van der Waals surface area contributed by atoms with E-state index >= 15 is 0 Å². The van der Waals surface area contributed by atoms with Crippen LogP contribution >= 0.6 is 0 Å². The van der Waals surface area contributed by atoms with Crippen molar-refractivity contribution in [3.8, 4) is 11.5 Å². The Morgan fingerprint density at radius 1 is 1.08 bits per heavy atom. The molecule has 3 rings (SSSR count). The Kier molecular flexibility index (Phi) is 6.33. The lowest BCUT2D eigenvalue weighted by Crippen LogP contribution is -2.42. The molecule has 2 saturated heterocycles. The topological polar surface area (TPSA) is 68.3 Å². The second-order valence-electron chi connectivity index (χ2n) is 6.50. The summed E-state index contributed by atoms with van der Waals surface area (Å²) >= 11 is 0. The lowest BCUT2D eigenvalue weighted by molar-refractivity contribution is -0.141. The summed E-state index contributed by atoms with van der Waals surface area (Å²) in [5.41, 5.74) is 0. The molecule has 26 heavy (non-hydrogen) atoms. The zero-order valence-corrected chi connectivity index (χ0v) is 15.2. The van der Waals surface area contributed by atoms with E-state index in [2.05, 4.69) is 0 Å². The summed E-state index contributed by atoms with van der Waals surface area (Å²) in [5.74, 6) is 1.13. The Labute approximate surface area is 153 Å². The Morgan fingerprint density at radius 2 is 1.81 bits per heavy atom. The van der Waals surface area contributed by atoms with Crippen LogP contribution < -0.4 is 9.47 Å². The highest BCUT2D eigenvalue weighted by Crippen LogP contribution is 2.25. The largest absolute Gasteiger partial charge is 0.493 e. The van der Waals surface area contributed by atoms with Crippen LogP contribution in [-0.2, 0) is 14.3 Å². The van der Waals surface area contributed by atoms with Gasteiger partial charge in [0.15, 0.2) is 18.1 Å². The van der Waals surface area contributed by atoms with Crippen LogP contribution in [0, 0.1) is 0 Å². The summed E-state index contributed by atoms with van der Waals surface area (Å²) in [6.45, 7) is 2.97. The first-order valence-corrected chi connectivity index (χ1v) is 9.13. The highest BCUT2D eigenvalue weighted by Gasteiger charge is 2.30. The normalized spacial score (nSPS) is 20.6. The zero-order valence-electron chi connectivity index (χ0n) is 15.2. The van der Waals surface area contributed by atoms with Gasteiger partial charge in [-0.1, -0.05) is 12.1 Å². The number of para-hydroxylation sites is 2. The van der Waals surface area contributed by atoms with Gasteiger partial charge in [-0.2, -0.15) is 0 Å². The summed E-state index contributed by atoms with van der Waals surface area (Å²) in [4.78, 5) is 28.5. The summed E-state index contributed by atoms with van der Waals surface area (Å²) in [7, 11) is 1.57. The molecular formula is C19H26N2O5. The Morgan fingerprint density at radius 3 is 2.54 bits per heavy atom. The lowest BCUT2D eigenvalue weighted by Gasteiger charge is -2.24. The Balaban J connectivity index is 1.50. The van der Waals surface area contributed by atoms with Gasteiger partial charge in [0, 0.05) is 32.8 Å². The molecule has 0 aromatic heterocycles. The highest BCUT2D eigenvalue weighted by molar-refractivity contribution is 5.81. The van der Waals surface area contributed by atoms with Crippen molar-refractivity contribution in [3.05, 3.63) is 24.3 Å². The van der Waals surface area contributed by atoms with Crippen molar-refractivity contribution in [3.63, 3.8) is 0 Å². The van der Waals surface area contributed by atoms with Crippen molar-refractivity contribution in [2.75, 3.05) is 46.5 Å². The first-order chi connectivity index (χ1) is 12.7. The van der Waals surface area contributed by atoms with Gasteiger partial charge in [-0.25, -0.2) is 0 Å². The van der Waals surface area contributed by atoms with E-state index in [1.165, 1.54) is 0 Å². The van der Waals surface area contributed by atoms with Gasteiger partial charge < -0.3 is 24.0 Å². The maximum absolute atomic E-state index is 12.5. The molecule has 0 saturated carbocycles. The van der Waals surface area contributed by atoms with Crippen LogP contribution in [0.25, 0.3) is 0 Å². The van der Waals surface area contributed by atoms with Gasteiger partial charge >= 0.3 is 0 Å². The monoisotopic (exact) mass is 362 g/mol. The molecule has 0 bridgehead atoms. The maximum Gasteiger partial charge on any atom is 0.260 e. The molecule has 142 valence electrons. The third-order valence-corrected chi connectivity index (χ3v) is 4.79. The van der Waals surface area contributed by atoms with Gasteiger partial charge in [0.2, 0.25) is 0 Å². The van der Waals surface area contributed by atoms with Gasteiger partial charge in [0.05, 0.1) is 7.11 Å². The smallest absolute Gasteiger partial charge is 0.260 e. The third-order valence-electron chi connectivity index (χ3n) is 4.79. The minimum Gasteiger partial charge on any atom is -0.493 e. The first-order valence-electron chi connectivity index (χ1n) is 9.13. The van der Waals surface area contributed by atoms with Crippen LogP contribution in [0.4, 0.5) is 0 Å². The van der Waals surface area contributed by atoms with Gasteiger partial charge in [0.25, 0.3) is 11.8 Å². The summed E-state index contributed by atoms with van der Waals surface area (Å²) < 4.78 is 16.3. The number of amides is 2. The van der Waals surface area contributed by atoms with Crippen LogP contribution in [0.1, 0.15) is 19.3 Å². The highest BCUT2D eigenvalue weighted by atomic mass is 16.5.